The molecule has 12 nitrogen and oxygen atoms in total. The zero-order valence-corrected chi connectivity index (χ0v) is 28.0. The van der Waals surface area contributed by atoms with Crippen LogP contribution in [0.25, 0.3) is 43.7 Å². The fourth-order valence-electron chi connectivity index (χ4n) is 6.76. The molecule has 0 spiro atoms. The van der Waals surface area contributed by atoms with Crippen LogP contribution in [0.5, 0.6) is 0 Å². The largest absolute Gasteiger partial charge is 0.366 e. The number of aromatic amines is 1. The number of aryl methyl sites for hydroxylation is 2. The number of pyridine rings is 3. The lowest BCUT2D eigenvalue weighted by molar-refractivity contribution is -0.128. The summed E-state index contributed by atoms with van der Waals surface area (Å²) in [6, 6.07) is 6.22. The first-order chi connectivity index (χ1) is 23.5. The van der Waals surface area contributed by atoms with E-state index >= 15 is 4.39 Å². The van der Waals surface area contributed by atoms with Crippen molar-refractivity contribution in [1.82, 2.24) is 34.9 Å². The second kappa shape index (κ2) is 13.0. The number of anilines is 1. The first-order valence-electron chi connectivity index (χ1n) is 15.9. The second-order valence-corrected chi connectivity index (χ2v) is 12.4. The van der Waals surface area contributed by atoms with Crippen LogP contribution >= 0.6 is 0 Å². The molecule has 2 N–H and O–H groups in total. The van der Waals surface area contributed by atoms with E-state index in [1.807, 2.05) is 39.8 Å². The van der Waals surface area contributed by atoms with Crippen LogP contribution in [0.15, 0.2) is 54.1 Å². The summed E-state index contributed by atoms with van der Waals surface area (Å²) in [7, 11) is 1.42. The molecule has 49 heavy (non-hydrogen) atoms. The summed E-state index contributed by atoms with van der Waals surface area (Å²) in [5, 5.41) is 10.6. The summed E-state index contributed by atoms with van der Waals surface area (Å²) < 4.78 is 18.1. The van der Waals surface area contributed by atoms with Crippen molar-refractivity contribution < 1.29 is 14.0 Å². The van der Waals surface area contributed by atoms with Crippen LogP contribution in [0.2, 0.25) is 0 Å². The number of hydrogen-bond donors (Lipinski definition) is 2. The molecule has 0 radical (unpaired) electrons. The molecular weight excluding hydrogens is 625 g/mol. The lowest BCUT2D eigenvalue weighted by Gasteiger charge is -2.41. The van der Waals surface area contributed by atoms with Crippen molar-refractivity contribution >= 4 is 39.4 Å². The second-order valence-electron chi connectivity index (χ2n) is 12.4. The van der Waals surface area contributed by atoms with E-state index in [-0.39, 0.29) is 66.0 Å². The molecule has 0 bridgehead atoms. The third kappa shape index (κ3) is 5.48. The van der Waals surface area contributed by atoms with E-state index in [1.54, 1.807) is 28.3 Å². The zero-order valence-electron chi connectivity index (χ0n) is 28.0. The third-order valence-electron chi connectivity index (χ3n) is 9.08. The van der Waals surface area contributed by atoms with Gasteiger partial charge in [-0.05, 0) is 55.2 Å². The highest BCUT2D eigenvalue weighted by atomic mass is 19.1. The summed E-state index contributed by atoms with van der Waals surface area (Å²) in [4.78, 5) is 57.9. The Bertz CT molecular complexity index is 2270. The van der Waals surface area contributed by atoms with Gasteiger partial charge >= 0.3 is 0 Å². The molecule has 6 rings (SSSR count). The van der Waals surface area contributed by atoms with E-state index in [0.717, 1.165) is 5.56 Å². The van der Waals surface area contributed by atoms with Crippen LogP contribution in [0.3, 0.4) is 0 Å². The Morgan fingerprint density at radius 2 is 1.96 bits per heavy atom. The minimum Gasteiger partial charge on any atom is -0.366 e. The Labute approximate surface area is 282 Å². The molecule has 0 unspecified atom stereocenters. The van der Waals surface area contributed by atoms with Crippen LogP contribution in [-0.2, 0) is 4.79 Å². The highest BCUT2D eigenvalue weighted by molar-refractivity contribution is 6.08. The Hall–Kier alpha value is -5.90. The number of benzene rings is 1. The number of aromatic nitrogens is 5. The molecule has 4 aromatic heterocycles. The molecule has 13 heteroatoms. The number of hydrogen-bond acceptors (Lipinski definition) is 7. The lowest BCUT2D eigenvalue weighted by Crippen LogP contribution is -2.56. The average molecular weight is 662 g/mol. The summed E-state index contributed by atoms with van der Waals surface area (Å²) in [5.41, 5.74) is 3.20. The fourth-order valence-corrected chi connectivity index (χ4v) is 6.76. The quantitative estimate of drug-likeness (QED) is 0.191. The monoisotopic (exact) mass is 661 g/mol. The standard InChI is InChI=1S/C36H36FN9O3/c1-8-27(47)45-14-13-44(18-22(45)16-38-6)33-23-15-25(37)31(28-20(4)9-10-26-24(28)17-41-43-26)42-34(23)46(36(49)29(33)35(48)39-7)32-21(5)11-12-40-30(32)19(2)3/h8-12,15,17,19,22H,1,13-14,16,18H2,2-5,7H3,(H,39,48)(H,41,43)/t22-/m0/s1. The van der Waals surface area contributed by atoms with Crippen molar-refractivity contribution in [2.24, 2.45) is 0 Å². The number of carbonyl (C=O) groups excluding carboxylic acids is 2. The van der Waals surface area contributed by atoms with E-state index in [4.69, 9.17) is 11.6 Å². The fraction of sp³-hybridized carbons (Fsp3) is 0.306. The lowest BCUT2D eigenvalue weighted by atomic mass is 9.98. The smallest absolute Gasteiger partial charge is 0.271 e. The highest BCUT2D eigenvalue weighted by Crippen LogP contribution is 2.38. The van der Waals surface area contributed by atoms with Gasteiger partial charge in [-0.2, -0.15) is 5.10 Å². The first kappa shape index (κ1) is 33.0. The third-order valence-corrected chi connectivity index (χ3v) is 9.08. The number of halogens is 1. The number of amides is 2. The Morgan fingerprint density at radius 1 is 1.18 bits per heavy atom. The van der Waals surface area contributed by atoms with Crippen LogP contribution in [0.1, 0.15) is 46.9 Å². The van der Waals surface area contributed by atoms with Crippen molar-refractivity contribution in [3.8, 4) is 16.9 Å². The molecule has 1 fully saturated rings. The summed E-state index contributed by atoms with van der Waals surface area (Å²) in [6.07, 6.45) is 4.48. The molecule has 1 atom stereocenters. The molecule has 1 aliphatic heterocycles. The summed E-state index contributed by atoms with van der Waals surface area (Å²) in [6.45, 7) is 19.3. The number of nitrogens with one attached hydrogen (secondary N) is 2. The summed E-state index contributed by atoms with van der Waals surface area (Å²) in [5.74, 6) is -1.77. The van der Waals surface area contributed by atoms with Gasteiger partial charge in [0.2, 0.25) is 12.5 Å². The number of fused-ring (bicyclic) bond motifs is 2. The molecule has 0 saturated carbocycles. The number of carbonyl (C=O) groups is 2. The molecule has 250 valence electrons. The van der Waals surface area contributed by atoms with Gasteiger partial charge in [0.1, 0.15) is 23.1 Å². The minimum atomic E-state index is -0.668. The Kier molecular flexibility index (Phi) is 8.73. The van der Waals surface area contributed by atoms with Crippen molar-refractivity contribution in [1.29, 1.82) is 0 Å². The Morgan fingerprint density at radius 3 is 2.65 bits per heavy atom. The number of H-pyrrole nitrogens is 1. The van der Waals surface area contributed by atoms with Gasteiger partial charge in [-0.3, -0.25) is 29.0 Å². The van der Waals surface area contributed by atoms with Gasteiger partial charge < -0.3 is 20.0 Å². The Balaban J connectivity index is 1.76. The predicted octanol–water partition coefficient (Wildman–Crippen LogP) is 4.69. The van der Waals surface area contributed by atoms with E-state index in [2.05, 4.69) is 31.9 Å². The van der Waals surface area contributed by atoms with Crippen molar-refractivity contribution in [2.45, 2.75) is 39.7 Å². The van der Waals surface area contributed by atoms with Crippen molar-refractivity contribution in [3.05, 3.63) is 99.3 Å². The summed E-state index contributed by atoms with van der Waals surface area (Å²) >= 11 is 0. The van der Waals surface area contributed by atoms with E-state index in [0.29, 0.717) is 33.4 Å². The van der Waals surface area contributed by atoms with E-state index in [1.165, 1.54) is 23.8 Å². The van der Waals surface area contributed by atoms with Gasteiger partial charge in [0, 0.05) is 49.2 Å². The molecule has 2 amide bonds. The van der Waals surface area contributed by atoms with Crippen LogP contribution in [-0.4, -0.2) is 80.7 Å². The minimum absolute atomic E-state index is 0.0161. The van der Waals surface area contributed by atoms with E-state index < -0.39 is 23.3 Å². The van der Waals surface area contributed by atoms with Crippen LogP contribution in [0, 0.1) is 26.2 Å². The number of piperazine rings is 1. The van der Waals surface area contributed by atoms with Gasteiger partial charge in [-0.25, -0.2) is 15.9 Å². The highest BCUT2D eigenvalue weighted by Gasteiger charge is 2.36. The molecular formula is C36H36FN9O3. The van der Waals surface area contributed by atoms with Gasteiger partial charge in [0.25, 0.3) is 11.5 Å². The SMILES string of the molecule is [C-]#[N+]C[C@H]1CN(c2c(C(=O)NC)c(=O)n(-c3c(C)ccnc3C(C)C)c3nc(-c4c(C)ccc5[nH]ncc45)c(F)cc23)CCN1C(=O)C=C. The molecule has 1 aliphatic rings. The molecule has 1 aromatic carbocycles. The van der Waals surface area contributed by atoms with Gasteiger partial charge in [-0.15, -0.1) is 0 Å². The first-order valence-corrected chi connectivity index (χ1v) is 15.9. The molecule has 1 saturated heterocycles. The normalized spacial score (nSPS) is 14.8. The zero-order chi connectivity index (χ0) is 35.1. The average Bonchev–Trinajstić information content (AvgIpc) is 3.56. The van der Waals surface area contributed by atoms with Crippen molar-refractivity contribution in [2.75, 3.05) is 38.1 Å². The van der Waals surface area contributed by atoms with Gasteiger partial charge in [-0.1, -0.05) is 26.5 Å². The van der Waals surface area contributed by atoms with Crippen LogP contribution in [0.4, 0.5) is 10.1 Å². The maximum Gasteiger partial charge on any atom is 0.271 e. The number of nitrogens with zero attached hydrogens (tertiary/aromatic N) is 7. The van der Waals surface area contributed by atoms with E-state index in [9.17, 15) is 14.4 Å². The molecule has 5 aromatic rings. The van der Waals surface area contributed by atoms with Gasteiger partial charge in [0.05, 0.1) is 28.8 Å². The predicted molar refractivity (Wildman–Crippen MR) is 187 cm³/mol. The van der Waals surface area contributed by atoms with Crippen molar-refractivity contribution in [3.63, 3.8) is 0 Å². The topological polar surface area (TPSA) is 133 Å². The number of rotatable bonds is 7. The maximum atomic E-state index is 16.7. The maximum absolute atomic E-state index is 16.7. The van der Waals surface area contributed by atoms with Gasteiger partial charge in [0.15, 0.2) is 5.65 Å². The molecule has 0 aliphatic carbocycles. The van der Waals surface area contributed by atoms with Crippen LogP contribution < -0.4 is 15.8 Å². The molecule has 5 heterocycles.